The van der Waals surface area contributed by atoms with Gasteiger partial charge in [0.1, 0.15) is 5.75 Å². The Bertz CT molecular complexity index is 546. The first-order valence-electron chi connectivity index (χ1n) is 6.68. The van der Waals surface area contributed by atoms with Crippen molar-refractivity contribution in [2.75, 3.05) is 13.2 Å². The van der Waals surface area contributed by atoms with Crippen LogP contribution < -0.4 is 10.1 Å². The third-order valence-corrected chi connectivity index (χ3v) is 2.96. The lowest BCUT2D eigenvalue weighted by Gasteiger charge is -2.09. The molecule has 0 radical (unpaired) electrons. The molecule has 0 saturated heterocycles. The molecule has 0 aliphatic heterocycles. The lowest BCUT2D eigenvalue weighted by molar-refractivity contribution is -0.123. The van der Waals surface area contributed by atoms with Crippen molar-refractivity contribution in [1.29, 1.82) is 0 Å². The van der Waals surface area contributed by atoms with E-state index in [0.29, 0.717) is 6.54 Å². The minimum absolute atomic E-state index is 0.0672. The van der Waals surface area contributed by atoms with Crippen LogP contribution in [-0.2, 0) is 4.79 Å². The fourth-order valence-corrected chi connectivity index (χ4v) is 1.92. The van der Waals surface area contributed by atoms with Crippen LogP contribution in [0.1, 0.15) is 19.8 Å². The van der Waals surface area contributed by atoms with Crippen molar-refractivity contribution in [3.05, 3.63) is 42.5 Å². The highest BCUT2D eigenvalue weighted by atomic mass is 16.5. The van der Waals surface area contributed by atoms with Crippen molar-refractivity contribution < 1.29 is 9.53 Å². The van der Waals surface area contributed by atoms with Gasteiger partial charge >= 0.3 is 0 Å². The molecule has 0 atom stereocenters. The number of unbranched alkanes of at least 4 members (excludes halogenated alkanes) is 1. The SMILES string of the molecule is CCCCNC(=O)COc1cccc2ccccc12. The number of carbonyl (C=O) groups excluding carboxylic acids is 1. The van der Waals surface area contributed by atoms with Gasteiger partial charge in [-0.1, -0.05) is 49.7 Å². The summed E-state index contributed by atoms with van der Waals surface area (Å²) in [4.78, 5) is 11.6. The molecule has 1 amide bonds. The molecule has 2 rings (SSSR count). The third kappa shape index (κ3) is 3.71. The summed E-state index contributed by atoms with van der Waals surface area (Å²) >= 11 is 0. The van der Waals surface area contributed by atoms with E-state index in [-0.39, 0.29) is 12.5 Å². The zero-order valence-electron chi connectivity index (χ0n) is 11.2. The highest BCUT2D eigenvalue weighted by molar-refractivity contribution is 5.88. The van der Waals surface area contributed by atoms with Gasteiger partial charge in [-0.3, -0.25) is 4.79 Å². The van der Waals surface area contributed by atoms with E-state index in [0.717, 1.165) is 29.4 Å². The van der Waals surface area contributed by atoms with Crippen LogP contribution in [0, 0.1) is 0 Å². The smallest absolute Gasteiger partial charge is 0.257 e. The van der Waals surface area contributed by atoms with Crippen LogP contribution in [0.2, 0.25) is 0 Å². The summed E-state index contributed by atoms with van der Waals surface area (Å²) in [6, 6.07) is 13.8. The number of amides is 1. The average molecular weight is 257 g/mol. The van der Waals surface area contributed by atoms with Gasteiger partial charge in [0.15, 0.2) is 6.61 Å². The van der Waals surface area contributed by atoms with E-state index in [9.17, 15) is 4.79 Å². The summed E-state index contributed by atoms with van der Waals surface area (Å²) in [6.45, 7) is 2.88. The summed E-state index contributed by atoms with van der Waals surface area (Å²) in [5.74, 6) is 0.685. The second kappa shape index (κ2) is 6.78. The first kappa shape index (κ1) is 13.4. The van der Waals surface area contributed by atoms with Crippen molar-refractivity contribution in [2.45, 2.75) is 19.8 Å². The predicted octanol–water partition coefficient (Wildman–Crippen LogP) is 3.13. The number of benzene rings is 2. The van der Waals surface area contributed by atoms with E-state index in [1.807, 2.05) is 42.5 Å². The number of hydrogen-bond donors (Lipinski definition) is 1. The van der Waals surface area contributed by atoms with E-state index >= 15 is 0 Å². The molecule has 2 aromatic rings. The molecule has 0 aliphatic rings. The van der Waals surface area contributed by atoms with Gasteiger partial charge in [-0.2, -0.15) is 0 Å². The molecule has 0 aromatic heterocycles. The minimum Gasteiger partial charge on any atom is -0.483 e. The van der Waals surface area contributed by atoms with E-state index in [1.165, 1.54) is 0 Å². The number of ether oxygens (including phenoxy) is 1. The molecule has 0 aliphatic carbocycles. The maximum absolute atomic E-state index is 11.6. The average Bonchev–Trinajstić information content (AvgIpc) is 2.45. The molecule has 0 heterocycles. The fraction of sp³-hybridized carbons (Fsp3) is 0.312. The van der Waals surface area contributed by atoms with Crippen molar-refractivity contribution in [3.8, 4) is 5.75 Å². The number of fused-ring (bicyclic) bond motifs is 1. The van der Waals surface area contributed by atoms with Crippen LogP contribution in [0.25, 0.3) is 10.8 Å². The Hall–Kier alpha value is -2.03. The van der Waals surface area contributed by atoms with Crippen molar-refractivity contribution in [3.63, 3.8) is 0 Å². The Labute approximate surface area is 113 Å². The monoisotopic (exact) mass is 257 g/mol. The van der Waals surface area contributed by atoms with Crippen LogP contribution in [0.3, 0.4) is 0 Å². The number of carbonyl (C=O) groups is 1. The molecular formula is C16H19NO2. The normalized spacial score (nSPS) is 10.4. The van der Waals surface area contributed by atoms with Crippen molar-refractivity contribution in [2.24, 2.45) is 0 Å². The zero-order valence-corrected chi connectivity index (χ0v) is 11.2. The Balaban J connectivity index is 1.96. The third-order valence-electron chi connectivity index (χ3n) is 2.96. The molecule has 0 bridgehead atoms. The maximum atomic E-state index is 11.6. The zero-order chi connectivity index (χ0) is 13.5. The van der Waals surface area contributed by atoms with E-state index in [1.54, 1.807) is 0 Å². The molecule has 1 N–H and O–H groups in total. The standard InChI is InChI=1S/C16H19NO2/c1-2-3-11-17-16(18)12-19-15-10-6-8-13-7-4-5-9-14(13)15/h4-10H,2-3,11-12H2,1H3,(H,17,18). The summed E-state index contributed by atoms with van der Waals surface area (Å²) in [6.07, 6.45) is 2.07. The first-order valence-corrected chi connectivity index (χ1v) is 6.68. The van der Waals surface area contributed by atoms with Crippen molar-refractivity contribution in [1.82, 2.24) is 5.32 Å². The molecule has 3 nitrogen and oxygen atoms in total. The second-order valence-corrected chi connectivity index (χ2v) is 4.47. The van der Waals surface area contributed by atoms with E-state index in [4.69, 9.17) is 4.74 Å². The largest absolute Gasteiger partial charge is 0.483 e. The topological polar surface area (TPSA) is 38.3 Å². The molecule has 0 saturated carbocycles. The summed E-state index contributed by atoms with van der Waals surface area (Å²) < 4.78 is 5.60. The Kier molecular flexibility index (Phi) is 4.78. The first-order chi connectivity index (χ1) is 9.31. The summed E-state index contributed by atoms with van der Waals surface area (Å²) in [5.41, 5.74) is 0. The van der Waals surface area contributed by atoms with Gasteiger partial charge in [-0.05, 0) is 17.9 Å². The molecule has 0 fully saturated rings. The van der Waals surface area contributed by atoms with Gasteiger partial charge in [0.2, 0.25) is 0 Å². The van der Waals surface area contributed by atoms with Gasteiger partial charge in [-0.15, -0.1) is 0 Å². The second-order valence-electron chi connectivity index (χ2n) is 4.47. The molecule has 19 heavy (non-hydrogen) atoms. The van der Waals surface area contributed by atoms with Crippen LogP contribution in [0.4, 0.5) is 0 Å². The van der Waals surface area contributed by atoms with Gasteiger partial charge in [-0.25, -0.2) is 0 Å². The van der Waals surface area contributed by atoms with Gasteiger partial charge < -0.3 is 10.1 Å². The quantitative estimate of drug-likeness (QED) is 0.807. The predicted molar refractivity (Wildman–Crippen MR) is 77.4 cm³/mol. The van der Waals surface area contributed by atoms with Gasteiger partial charge in [0, 0.05) is 11.9 Å². The van der Waals surface area contributed by atoms with Crippen LogP contribution >= 0.6 is 0 Å². The summed E-state index contributed by atoms with van der Waals surface area (Å²) in [7, 11) is 0. The Morgan fingerprint density at radius 1 is 1.16 bits per heavy atom. The molecular weight excluding hydrogens is 238 g/mol. The fourth-order valence-electron chi connectivity index (χ4n) is 1.92. The molecule has 3 heteroatoms. The van der Waals surface area contributed by atoms with Crippen LogP contribution in [0.15, 0.2) is 42.5 Å². The lowest BCUT2D eigenvalue weighted by Crippen LogP contribution is -2.29. The molecule has 0 unspecified atom stereocenters. The number of nitrogens with one attached hydrogen (secondary N) is 1. The van der Waals surface area contributed by atoms with Gasteiger partial charge in [0.05, 0.1) is 0 Å². The Morgan fingerprint density at radius 2 is 1.95 bits per heavy atom. The summed E-state index contributed by atoms with van der Waals surface area (Å²) in [5, 5.41) is 4.99. The molecule has 2 aromatic carbocycles. The van der Waals surface area contributed by atoms with Crippen LogP contribution in [0.5, 0.6) is 5.75 Å². The minimum atomic E-state index is -0.0682. The lowest BCUT2D eigenvalue weighted by atomic mass is 10.1. The molecule has 100 valence electrons. The van der Waals surface area contributed by atoms with E-state index < -0.39 is 0 Å². The highest BCUT2D eigenvalue weighted by Crippen LogP contribution is 2.24. The van der Waals surface area contributed by atoms with Crippen LogP contribution in [-0.4, -0.2) is 19.1 Å². The van der Waals surface area contributed by atoms with Gasteiger partial charge in [0.25, 0.3) is 5.91 Å². The van der Waals surface area contributed by atoms with Crippen molar-refractivity contribution >= 4 is 16.7 Å². The number of hydrogen-bond acceptors (Lipinski definition) is 2. The Morgan fingerprint density at radius 3 is 2.79 bits per heavy atom. The van der Waals surface area contributed by atoms with E-state index in [2.05, 4.69) is 12.2 Å². The molecule has 0 spiro atoms. The maximum Gasteiger partial charge on any atom is 0.257 e. The number of rotatable bonds is 6. The highest BCUT2D eigenvalue weighted by Gasteiger charge is 2.04.